The molecule has 4 rings (SSSR count). The summed E-state index contributed by atoms with van der Waals surface area (Å²) in [5.41, 5.74) is 1.90. The van der Waals surface area contributed by atoms with E-state index in [9.17, 15) is 9.18 Å². The van der Waals surface area contributed by atoms with E-state index >= 15 is 0 Å². The number of amides is 1. The van der Waals surface area contributed by atoms with Crippen molar-refractivity contribution in [2.24, 2.45) is 0 Å². The number of nitrogens with zero attached hydrogens (tertiary/aromatic N) is 2. The molecule has 1 amide bonds. The van der Waals surface area contributed by atoms with Crippen LogP contribution in [0.1, 0.15) is 10.4 Å². The standard InChI is InChI=1S/C20H14FN3O2S/c1-26-16-8-7-13(21)10-14(16)19(25)24-18-9-6-12(11-22-18)20-23-15-4-2-3-5-17(15)27-20/h2-11H,1H3,(H,22,24,25). The number of anilines is 1. The number of hydrogen-bond acceptors (Lipinski definition) is 5. The van der Waals surface area contributed by atoms with Crippen molar-refractivity contribution in [2.45, 2.75) is 0 Å². The number of methoxy groups -OCH3 is 1. The highest BCUT2D eigenvalue weighted by molar-refractivity contribution is 7.21. The van der Waals surface area contributed by atoms with Crippen molar-refractivity contribution < 1.29 is 13.9 Å². The number of hydrogen-bond donors (Lipinski definition) is 1. The van der Waals surface area contributed by atoms with E-state index in [2.05, 4.69) is 15.3 Å². The van der Waals surface area contributed by atoms with Gasteiger partial charge in [0.15, 0.2) is 0 Å². The number of thiazole rings is 1. The zero-order valence-electron chi connectivity index (χ0n) is 14.3. The van der Waals surface area contributed by atoms with Crippen LogP contribution in [0.3, 0.4) is 0 Å². The minimum Gasteiger partial charge on any atom is -0.496 e. The number of ether oxygens (including phenoxy) is 1. The molecule has 7 heteroatoms. The number of aromatic nitrogens is 2. The molecule has 0 unspecified atom stereocenters. The third-order valence-electron chi connectivity index (χ3n) is 3.95. The van der Waals surface area contributed by atoms with E-state index in [0.717, 1.165) is 26.9 Å². The van der Waals surface area contributed by atoms with E-state index in [0.29, 0.717) is 11.6 Å². The SMILES string of the molecule is COc1ccc(F)cc1C(=O)Nc1ccc(-c2nc3ccccc3s2)cn1. The zero-order valence-corrected chi connectivity index (χ0v) is 15.1. The van der Waals surface area contributed by atoms with Crippen molar-refractivity contribution in [3.8, 4) is 16.3 Å². The maximum absolute atomic E-state index is 13.5. The van der Waals surface area contributed by atoms with Gasteiger partial charge in [-0.2, -0.15) is 0 Å². The van der Waals surface area contributed by atoms with Crippen molar-refractivity contribution >= 4 is 33.3 Å². The van der Waals surface area contributed by atoms with Crippen LogP contribution < -0.4 is 10.1 Å². The number of carbonyl (C=O) groups is 1. The fraction of sp³-hybridized carbons (Fsp3) is 0.0500. The van der Waals surface area contributed by atoms with Crippen molar-refractivity contribution in [2.75, 3.05) is 12.4 Å². The third-order valence-corrected chi connectivity index (χ3v) is 5.04. The summed E-state index contributed by atoms with van der Waals surface area (Å²) in [5.74, 6) is -0.358. The Bertz CT molecular complexity index is 1090. The van der Waals surface area contributed by atoms with E-state index in [4.69, 9.17) is 4.74 Å². The van der Waals surface area contributed by atoms with Gasteiger partial charge in [0.1, 0.15) is 22.4 Å². The lowest BCUT2D eigenvalue weighted by molar-refractivity contribution is 0.102. The van der Waals surface area contributed by atoms with Gasteiger partial charge < -0.3 is 10.1 Å². The quantitative estimate of drug-likeness (QED) is 0.555. The molecule has 0 fully saturated rings. The highest BCUT2D eigenvalue weighted by Crippen LogP contribution is 2.30. The van der Waals surface area contributed by atoms with E-state index in [-0.39, 0.29) is 5.56 Å². The van der Waals surface area contributed by atoms with Crippen LogP contribution in [-0.2, 0) is 0 Å². The Morgan fingerprint density at radius 3 is 2.74 bits per heavy atom. The second-order valence-electron chi connectivity index (χ2n) is 5.72. The van der Waals surface area contributed by atoms with E-state index in [1.807, 2.05) is 30.3 Å². The molecule has 0 spiro atoms. The van der Waals surface area contributed by atoms with Gasteiger partial charge in [-0.1, -0.05) is 12.1 Å². The van der Waals surface area contributed by atoms with E-state index in [1.54, 1.807) is 23.6 Å². The smallest absolute Gasteiger partial charge is 0.260 e. The largest absolute Gasteiger partial charge is 0.496 e. The van der Waals surface area contributed by atoms with Crippen molar-refractivity contribution in [1.82, 2.24) is 9.97 Å². The lowest BCUT2D eigenvalue weighted by Crippen LogP contribution is -2.14. The molecule has 2 heterocycles. The number of carbonyl (C=O) groups excluding carboxylic acids is 1. The number of pyridine rings is 1. The van der Waals surface area contributed by atoms with Crippen LogP contribution in [0, 0.1) is 5.82 Å². The molecular weight excluding hydrogens is 365 g/mol. The summed E-state index contributed by atoms with van der Waals surface area (Å²) in [6, 6.07) is 15.2. The topological polar surface area (TPSA) is 64.1 Å². The molecule has 1 N–H and O–H groups in total. The molecule has 27 heavy (non-hydrogen) atoms. The first-order valence-corrected chi connectivity index (χ1v) is 8.92. The normalized spacial score (nSPS) is 10.7. The van der Waals surface area contributed by atoms with Gasteiger partial charge in [0.25, 0.3) is 5.91 Å². The van der Waals surface area contributed by atoms with Crippen molar-refractivity contribution in [1.29, 1.82) is 0 Å². The van der Waals surface area contributed by atoms with Gasteiger partial charge in [-0.05, 0) is 42.5 Å². The molecular formula is C20H14FN3O2S. The molecule has 0 aliphatic carbocycles. The lowest BCUT2D eigenvalue weighted by Gasteiger charge is -2.09. The Balaban J connectivity index is 1.56. The number of halogens is 1. The first-order chi connectivity index (χ1) is 13.1. The van der Waals surface area contributed by atoms with Crippen molar-refractivity contribution in [3.63, 3.8) is 0 Å². The molecule has 4 aromatic rings. The fourth-order valence-electron chi connectivity index (χ4n) is 2.63. The summed E-state index contributed by atoms with van der Waals surface area (Å²) in [6.07, 6.45) is 1.65. The predicted molar refractivity (Wildman–Crippen MR) is 104 cm³/mol. The Morgan fingerprint density at radius 1 is 1.15 bits per heavy atom. The molecule has 0 aliphatic rings. The molecule has 134 valence electrons. The van der Waals surface area contributed by atoms with Gasteiger partial charge >= 0.3 is 0 Å². The number of benzene rings is 2. The fourth-order valence-corrected chi connectivity index (χ4v) is 3.59. The summed E-state index contributed by atoms with van der Waals surface area (Å²) < 4.78 is 19.7. The Labute approximate surface area is 158 Å². The molecule has 0 aliphatic heterocycles. The van der Waals surface area contributed by atoms with Gasteiger partial charge in [-0.15, -0.1) is 11.3 Å². The van der Waals surface area contributed by atoms with Crippen LogP contribution in [0.2, 0.25) is 0 Å². The van der Waals surface area contributed by atoms with Gasteiger partial charge in [-0.25, -0.2) is 14.4 Å². The minimum atomic E-state index is -0.514. The summed E-state index contributed by atoms with van der Waals surface area (Å²) in [5, 5.41) is 3.51. The molecule has 0 atom stereocenters. The lowest BCUT2D eigenvalue weighted by atomic mass is 10.2. The number of fused-ring (bicyclic) bond motifs is 1. The van der Waals surface area contributed by atoms with Gasteiger partial charge in [0.05, 0.1) is 22.9 Å². The highest BCUT2D eigenvalue weighted by Gasteiger charge is 2.14. The van der Waals surface area contributed by atoms with Gasteiger partial charge in [0.2, 0.25) is 0 Å². The predicted octanol–water partition coefficient (Wildman–Crippen LogP) is 4.76. The highest BCUT2D eigenvalue weighted by atomic mass is 32.1. The number of para-hydroxylation sites is 1. The number of rotatable bonds is 4. The summed E-state index contributed by atoms with van der Waals surface area (Å²) in [7, 11) is 1.43. The molecule has 5 nitrogen and oxygen atoms in total. The monoisotopic (exact) mass is 379 g/mol. The van der Waals surface area contributed by atoms with E-state index < -0.39 is 11.7 Å². The average molecular weight is 379 g/mol. The second-order valence-corrected chi connectivity index (χ2v) is 6.75. The average Bonchev–Trinajstić information content (AvgIpc) is 3.12. The van der Waals surface area contributed by atoms with Crippen LogP contribution in [-0.4, -0.2) is 23.0 Å². The first-order valence-electron chi connectivity index (χ1n) is 8.11. The number of nitrogens with one attached hydrogen (secondary N) is 1. The van der Waals surface area contributed by atoms with Gasteiger partial charge in [-0.3, -0.25) is 4.79 Å². The Morgan fingerprint density at radius 2 is 2.00 bits per heavy atom. The second kappa shape index (κ2) is 7.13. The molecule has 0 saturated carbocycles. The third kappa shape index (κ3) is 3.50. The maximum Gasteiger partial charge on any atom is 0.260 e. The molecule has 0 radical (unpaired) electrons. The molecule has 0 saturated heterocycles. The minimum absolute atomic E-state index is 0.106. The molecule has 2 aromatic carbocycles. The molecule has 2 aromatic heterocycles. The van der Waals surface area contributed by atoms with Crippen LogP contribution in [0.15, 0.2) is 60.8 Å². The van der Waals surface area contributed by atoms with Crippen LogP contribution in [0.25, 0.3) is 20.8 Å². The Kier molecular flexibility index (Phi) is 4.52. The molecule has 0 bridgehead atoms. The Hall–Kier alpha value is -3.32. The van der Waals surface area contributed by atoms with Crippen LogP contribution >= 0.6 is 11.3 Å². The van der Waals surface area contributed by atoms with Crippen molar-refractivity contribution in [3.05, 3.63) is 72.2 Å². The summed E-state index contributed by atoms with van der Waals surface area (Å²) in [6.45, 7) is 0. The van der Waals surface area contributed by atoms with Crippen LogP contribution in [0.5, 0.6) is 5.75 Å². The maximum atomic E-state index is 13.5. The summed E-state index contributed by atoms with van der Waals surface area (Å²) >= 11 is 1.58. The zero-order chi connectivity index (χ0) is 18.8. The first kappa shape index (κ1) is 17.1. The summed E-state index contributed by atoms with van der Waals surface area (Å²) in [4.78, 5) is 21.3. The van der Waals surface area contributed by atoms with E-state index in [1.165, 1.54) is 19.2 Å². The van der Waals surface area contributed by atoms with Gasteiger partial charge in [0, 0.05) is 11.8 Å². The van der Waals surface area contributed by atoms with Crippen LogP contribution in [0.4, 0.5) is 10.2 Å².